The fourth-order valence-electron chi connectivity index (χ4n) is 3.91. The molecule has 1 atom stereocenters. The molecule has 0 spiro atoms. The maximum atomic E-state index is 11.8. The third kappa shape index (κ3) is 5.05. The van der Waals surface area contributed by atoms with E-state index in [4.69, 9.17) is 14.6 Å². The average Bonchev–Trinajstić information content (AvgIpc) is 3.32. The first-order valence-electron chi connectivity index (χ1n) is 10.8. The first-order valence-corrected chi connectivity index (χ1v) is 10.8. The molecule has 2 saturated heterocycles. The number of nitrogens with zero attached hydrogens (tertiary/aromatic N) is 1. The second-order valence-corrected chi connectivity index (χ2v) is 8.08. The van der Waals surface area contributed by atoms with Gasteiger partial charge in [-0.15, -0.1) is 0 Å². The molecule has 5 rings (SSSR count). The van der Waals surface area contributed by atoms with Crippen molar-refractivity contribution >= 4 is 11.6 Å². The third-order valence-corrected chi connectivity index (χ3v) is 5.78. The number of phenols is 1. The molecule has 0 bridgehead atoms. The smallest absolute Gasteiger partial charge is 0.227 e. The average molecular weight is 411 g/mol. The number of rotatable bonds is 5. The number of carbonyl (C=O) groups excluding carboxylic acids is 1. The van der Waals surface area contributed by atoms with Crippen LogP contribution in [0.3, 0.4) is 0 Å². The summed E-state index contributed by atoms with van der Waals surface area (Å²) < 4.78 is 11.4. The minimum Gasteiger partial charge on any atom is -0.508 e. The SMILES string of the molecule is COc1cc(N2CCCC2=O)ccc1O[C@H]1CCNC1.Oc1ccc(C2CC2)cc1. The lowest BCUT2D eigenvalue weighted by molar-refractivity contribution is -0.117. The first kappa shape index (κ1) is 20.5. The molecule has 1 aliphatic carbocycles. The number of methoxy groups -OCH3 is 1. The summed E-state index contributed by atoms with van der Waals surface area (Å²) in [4.78, 5) is 13.6. The summed E-state index contributed by atoms with van der Waals surface area (Å²) in [6.45, 7) is 2.65. The van der Waals surface area contributed by atoms with Crippen molar-refractivity contribution in [3.05, 3.63) is 48.0 Å². The van der Waals surface area contributed by atoms with Gasteiger partial charge in [-0.25, -0.2) is 0 Å². The van der Waals surface area contributed by atoms with Crippen molar-refractivity contribution in [1.29, 1.82) is 0 Å². The Morgan fingerprint density at radius 2 is 1.87 bits per heavy atom. The first-order chi connectivity index (χ1) is 14.6. The number of anilines is 1. The van der Waals surface area contributed by atoms with E-state index in [1.54, 1.807) is 19.2 Å². The van der Waals surface area contributed by atoms with Crippen LogP contribution in [-0.2, 0) is 4.79 Å². The molecule has 6 heteroatoms. The molecule has 3 fully saturated rings. The highest BCUT2D eigenvalue weighted by atomic mass is 16.5. The summed E-state index contributed by atoms with van der Waals surface area (Å²) in [5.41, 5.74) is 2.26. The quantitative estimate of drug-likeness (QED) is 0.784. The van der Waals surface area contributed by atoms with E-state index in [0.29, 0.717) is 17.9 Å². The summed E-state index contributed by atoms with van der Waals surface area (Å²) >= 11 is 0. The van der Waals surface area contributed by atoms with Crippen LogP contribution in [0.25, 0.3) is 0 Å². The minimum absolute atomic E-state index is 0.181. The number of amides is 1. The Hall–Kier alpha value is -2.73. The van der Waals surface area contributed by atoms with Crippen molar-refractivity contribution in [3.63, 3.8) is 0 Å². The fraction of sp³-hybridized carbons (Fsp3) is 0.458. The number of hydrogen-bond acceptors (Lipinski definition) is 5. The van der Waals surface area contributed by atoms with Crippen LogP contribution in [0, 0.1) is 0 Å². The highest BCUT2D eigenvalue weighted by Crippen LogP contribution is 2.40. The van der Waals surface area contributed by atoms with Crippen LogP contribution in [-0.4, -0.2) is 43.9 Å². The van der Waals surface area contributed by atoms with Crippen molar-refractivity contribution in [2.75, 3.05) is 31.6 Å². The Balaban J connectivity index is 0.000000181. The summed E-state index contributed by atoms with van der Waals surface area (Å²) in [5, 5.41) is 12.2. The van der Waals surface area contributed by atoms with E-state index in [9.17, 15) is 4.79 Å². The highest BCUT2D eigenvalue weighted by molar-refractivity contribution is 5.95. The molecule has 1 saturated carbocycles. The Morgan fingerprint density at radius 3 is 2.47 bits per heavy atom. The van der Waals surface area contributed by atoms with Crippen LogP contribution in [0.15, 0.2) is 42.5 Å². The molecule has 1 amide bonds. The molecule has 2 aliphatic heterocycles. The Kier molecular flexibility index (Phi) is 6.43. The van der Waals surface area contributed by atoms with E-state index in [0.717, 1.165) is 49.8 Å². The number of benzene rings is 2. The second-order valence-electron chi connectivity index (χ2n) is 8.08. The van der Waals surface area contributed by atoms with Gasteiger partial charge in [0.1, 0.15) is 11.9 Å². The maximum absolute atomic E-state index is 11.8. The van der Waals surface area contributed by atoms with E-state index < -0.39 is 0 Å². The van der Waals surface area contributed by atoms with Gasteiger partial charge < -0.3 is 24.8 Å². The molecule has 0 unspecified atom stereocenters. The lowest BCUT2D eigenvalue weighted by atomic mass is 10.1. The van der Waals surface area contributed by atoms with E-state index in [1.165, 1.54) is 18.4 Å². The van der Waals surface area contributed by atoms with Crippen molar-refractivity contribution in [2.45, 2.75) is 44.1 Å². The van der Waals surface area contributed by atoms with Crippen LogP contribution in [0.5, 0.6) is 17.2 Å². The number of ether oxygens (including phenoxy) is 2. The number of hydrogen-bond donors (Lipinski definition) is 2. The van der Waals surface area contributed by atoms with Gasteiger partial charge in [0, 0.05) is 31.3 Å². The second kappa shape index (κ2) is 9.39. The Labute approximate surface area is 177 Å². The Bertz CT molecular complexity index is 858. The lowest BCUT2D eigenvalue weighted by Gasteiger charge is -2.20. The van der Waals surface area contributed by atoms with Gasteiger partial charge >= 0.3 is 0 Å². The molecule has 3 aliphatic rings. The number of phenolic OH excluding ortho intramolecular Hbond substituents is 1. The highest BCUT2D eigenvalue weighted by Gasteiger charge is 2.24. The van der Waals surface area contributed by atoms with Crippen molar-refractivity contribution in [2.24, 2.45) is 0 Å². The van der Waals surface area contributed by atoms with Gasteiger partial charge in [0.2, 0.25) is 5.91 Å². The van der Waals surface area contributed by atoms with E-state index in [-0.39, 0.29) is 12.0 Å². The number of carbonyl (C=O) groups is 1. The van der Waals surface area contributed by atoms with E-state index in [1.807, 2.05) is 35.2 Å². The number of nitrogens with one attached hydrogen (secondary N) is 1. The van der Waals surface area contributed by atoms with Gasteiger partial charge in [0.05, 0.1) is 7.11 Å². The molecule has 2 aromatic carbocycles. The topological polar surface area (TPSA) is 71.0 Å². The van der Waals surface area contributed by atoms with Crippen LogP contribution in [0.2, 0.25) is 0 Å². The zero-order chi connectivity index (χ0) is 20.9. The Morgan fingerprint density at radius 1 is 1.07 bits per heavy atom. The largest absolute Gasteiger partial charge is 0.508 e. The fourth-order valence-corrected chi connectivity index (χ4v) is 3.91. The molecule has 30 heavy (non-hydrogen) atoms. The summed E-state index contributed by atoms with van der Waals surface area (Å²) in [7, 11) is 1.63. The number of aromatic hydroxyl groups is 1. The van der Waals surface area contributed by atoms with Crippen LogP contribution >= 0.6 is 0 Å². The van der Waals surface area contributed by atoms with Gasteiger partial charge in [-0.05, 0) is 68.0 Å². The van der Waals surface area contributed by atoms with Crippen molar-refractivity contribution in [1.82, 2.24) is 5.32 Å². The predicted octanol–water partition coefficient (Wildman–Crippen LogP) is 3.83. The summed E-state index contributed by atoms with van der Waals surface area (Å²) in [6, 6.07) is 13.3. The van der Waals surface area contributed by atoms with Crippen LogP contribution in [0.4, 0.5) is 5.69 Å². The van der Waals surface area contributed by atoms with Crippen molar-refractivity contribution < 1.29 is 19.4 Å². The maximum Gasteiger partial charge on any atom is 0.227 e. The molecular formula is C24H30N2O4. The molecule has 2 heterocycles. The van der Waals surface area contributed by atoms with Gasteiger partial charge in [-0.1, -0.05) is 12.1 Å². The standard InChI is InChI=1S/C15H20N2O3.C9H10O/c1-19-14-9-11(17-8-2-3-15(17)18)4-5-13(14)20-12-6-7-16-10-12;10-9-5-3-8(4-6-9)7-1-2-7/h4-5,9,12,16H,2-3,6-8,10H2,1H3;3-7,10H,1-2H2/t12-;/m0./s1. The van der Waals surface area contributed by atoms with E-state index in [2.05, 4.69) is 5.32 Å². The van der Waals surface area contributed by atoms with Gasteiger partial charge in [-0.3, -0.25) is 4.79 Å². The van der Waals surface area contributed by atoms with Gasteiger partial charge in [0.25, 0.3) is 0 Å². The van der Waals surface area contributed by atoms with Crippen LogP contribution in [0.1, 0.15) is 43.6 Å². The normalized spacial score (nSPS) is 20.6. The molecule has 0 radical (unpaired) electrons. The third-order valence-electron chi connectivity index (χ3n) is 5.78. The predicted molar refractivity (Wildman–Crippen MR) is 117 cm³/mol. The molecule has 160 valence electrons. The molecule has 2 N–H and O–H groups in total. The van der Waals surface area contributed by atoms with Crippen molar-refractivity contribution in [3.8, 4) is 17.2 Å². The zero-order valence-electron chi connectivity index (χ0n) is 17.5. The van der Waals surface area contributed by atoms with Crippen LogP contribution < -0.4 is 19.7 Å². The van der Waals surface area contributed by atoms with Gasteiger partial charge in [-0.2, -0.15) is 0 Å². The summed E-state index contributed by atoms with van der Waals surface area (Å²) in [5.74, 6) is 2.77. The molecule has 0 aromatic heterocycles. The monoisotopic (exact) mass is 410 g/mol. The van der Waals surface area contributed by atoms with Gasteiger partial charge in [0.15, 0.2) is 11.5 Å². The van der Waals surface area contributed by atoms with E-state index >= 15 is 0 Å². The summed E-state index contributed by atoms with van der Waals surface area (Å²) in [6.07, 6.45) is 5.41. The molecule has 2 aromatic rings. The molecular weight excluding hydrogens is 380 g/mol. The lowest BCUT2D eigenvalue weighted by Crippen LogP contribution is -2.24. The minimum atomic E-state index is 0.181. The molecule has 6 nitrogen and oxygen atoms in total. The zero-order valence-corrected chi connectivity index (χ0v) is 17.5.